The highest BCUT2D eigenvalue weighted by molar-refractivity contribution is 5.84. The molecule has 2 atom stereocenters. The van der Waals surface area contributed by atoms with Gasteiger partial charge in [-0.25, -0.2) is 0 Å². The van der Waals surface area contributed by atoms with Crippen LogP contribution in [0.2, 0.25) is 0 Å². The molecule has 34 heavy (non-hydrogen) atoms. The van der Waals surface area contributed by atoms with Crippen LogP contribution in [0.15, 0.2) is 24.3 Å². The lowest BCUT2D eigenvalue weighted by Gasteiger charge is -2.50. The standard InChI is InChI=1S/C29H43NO4/c1-22-9-5-6-14-29(22,26(32)34-28-15-18-30(19-16-28)20-17-28)24-12-7-10-23(21-24)11-8-13-25(31)33-27(2,3)4/h7,10,12,21-22H,5-6,8-9,11,13-20H2,1-4H3. The van der Waals surface area contributed by atoms with Crippen LogP contribution in [0.25, 0.3) is 0 Å². The Morgan fingerprint density at radius 1 is 1.06 bits per heavy atom. The van der Waals surface area contributed by atoms with Crippen molar-refractivity contribution in [3.63, 3.8) is 0 Å². The highest BCUT2D eigenvalue weighted by Crippen LogP contribution is 2.47. The fourth-order valence-corrected chi connectivity index (χ4v) is 6.27. The summed E-state index contributed by atoms with van der Waals surface area (Å²) in [6.07, 6.45) is 8.99. The smallest absolute Gasteiger partial charge is 0.317 e. The van der Waals surface area contributed by atoms with Gasteiger partial charge in [0.05, 0.1) is 5.41 Å². The van der Waals surface area contributed by atoms with Crippen molar-refractivity contribution < 1.29 is 19.1 Å². The predicted molar refractivity (Wildman–Crippen MR) is 134 cm³/mol. The van der Waals surface area contributed by atoms with E-state index in [4.69, 9.17) is 9.47 Å². The molecule has 1 aliphatic carbocycles. The van der Waals surface area contributed by atoms with Gasteiger partial charge in [0.2, 0.25) is 0 Å². The van der Waals surface area contributed by atoms with Crippen molar-refractivity contribution in [3.8, 4) is 0 Å². The zero-order valence-corrected chi connectivity index (χ0v) is 21.7. The average Bonchev–Trinajstić information content (AvgIpc) is 2.79. The maximum Gasteiger partial charge on any atom is 0.317 e. The summed E-state index contributed by atoms with van der Waals surface area (Å²) < 4.78 is 12.0. The summed E-state index contributed by atoms with van der Waals surface area (Å²) in [7, 11) is 0. The number of ether oxygens (including phenoxy) is 2. The van der Waals surface area contributed by atoms with Gasteiger partial charge in [-0.2, -0.15) is 0 Å². The van der Waals surface area contributed by atoms with Gasteiger partial charge < -0.3 is 14.4 Å². The molecule has 5 rings (SSSR count). The van der Waals surface area contributed by atoms with E-state index in [1.165, 1.54) is 12.0 Å². The molecule has 3 aliphatic heterocycles. The summed E-state index contributed by atoms with van der Waals surface area (Å²) >= 11 is 0. The summed E-state index contributed by atoms with van der Waals surface area (Å²) in [5, 5.41) is 0. The molecule has 2 unspecified atom stereocenters. The van der Waals surface area contributed by atoms with E-state index < -0.39 is 11.0 Å². The molecule has 0 radical (unpaired) electrons. The van der Waals surface area contributed by atoms with Crippen LogP contribution in [-0.2, 0) is 30.9 Å². The number of hydrogen-bond donors (Lipinski definition) is 0. The third-order valence-electron chi connectivity index (χ3n) is 8.33. The fourth-order valence-electron chi connectivity index (χ4n) is 6.27. The first-order valence-electron chi connectivity index (χ1n) is 13.4. The molecular weight excluding hydrogens is 426 g/mol. The van der Waals surface area contributed by atoms with E-state index in [-0.39, 0.29) is 23.5 Å². The van der Waals surface area contributed by atoms with E-state index in [0.717, 1.165) is 76.6 Å². The van der Waals surface area contributed by atoms with Crippen LogP contribution >= 0.6 is 0 Å². The molecule has 3 saturated heterocycles. The van der Waals surface area contributed by atoms with Crippen molar-refractivity contribution in [1.82, 2.24) is 4.90 Å². The van der Waals surface area contributed by atoms with Crippen LogP contribution in [0, 0.1) is 5.92 Å². The Balaban J connectivity index is 1.50. The molecule has 2 bridgehead atoms. The summed E-state index contributed by atoms with van der Waals surface area (Å²) in [5.41, 5.74) is 0.998. The second-order valence-corrected chi connectivity index (χ2v) is 11.9. The Morgan fingerprint density at radius 3 is 2.41 bits per heavy atom. The minimum absolute atomic E-state index is 0.000884. The Bertz CT molecular complexity index is 867. The van der Waals surface area contributed by atoms with E-state index in [1.54, 1.807) is 0 Å². The summed E-state index contributed by atoms with van der Waals surface area (Å²) in [4.78, 5) is 28.6. The number of esters is 2. The van der Waals surface area contributed by atoms with Gasteiger partial charge in [-0.3, -0.25) is 9.59 Å². The highest BCUT2D eigenvalue weighted by atomic mass is 16.6. The molecule has 1 aromatic rings. The first-order valence-corrected chi connectivity index (χ1v) is 13.4. The average molecular weight is 470 g/mol. The first kappa shape index (κ1) is 25.2. The molecule has 0 aromatic heterocycles. The Morgan fingerprint density at radius 2 is 1.76 bits per heavy atom. The maximum atomic E-state index is 14.0. The maximum absolute atomic E-state index is 14.0. The number of aryl methyl sites for hydroxylation is 1. The van der Waals surface area contributed by atoms with Gasteiger partial charge >= 0.3 is 11.9 Å². The SMILES string of the molecule is CC1CCCCC1(C(=O)OC12CCN(CC1)CC2)c1cccc(CCCC(=O)OC(C)(C)C)c1. The topological polar surface area (TPSA) is 55.8 Å². The second kappa shape index (κ2) is 10.0. The van der Waals surface area contributed by atoms with Gasteiger partial charge in [-0.05, 0) is 63.5 Å². The predicted octanol–water partition coefficient (Wildman–Crippen LogP) is 5.58. The molecule has 0 amide bonds. The number of fused-ring (bicyclic) bond motifs is 3. The van der Waals surface area contributed by atoms with Crippen molar-refractivity contribution in [1.29, 1.82) is 0 Å². The molecular formula is C29H43NO4. The van der Waals surface area contributed by atoms with Crippen LogP contribution in [0.1, 0.15) is 96.6 Å². The second-order valence-electron chi connectivity index (χ2n) is 11.9. The molecule has 0 N–H and O–H groups in total. The van der Waals surface area contributed by atoms with Gasteiger partial charge in [0.25, 0.3) is 0 Å². The molecule has 188 valence electrons. The van der Waals surface area contributed by atoms with Crippen LogP contribution in [-0.4, -0.2) is 47.7 Å². The summed E-state index contributed by atoms with van der Waals surface area (Å²) in [6.45, 7) is 11.1. The molecule has 0 spiro atoms. The summed E-state index contributed by atoms with van der Waals surface area (Å²) in [5.74, 6) is 0.106. The molecule has 4 aliphatic rings. The molecule has 1 saturated carbocycles. The quantitative estimate of drug-likeness (QED) is 0.488. The zero-order chi connectivity index (χ0) is 24.4. The Labute approximate surface area is 205 Å². The van der Waals surface area contributed by atoms with Crippen LogP contribution in [0.3, 0.4) is 0 Å². The Hall–Kier alpha value is -1.88. The van der Waals surface area contributed by atoms with Crippen LogP contribution in [0.4, 0.5) is 0 Å². The molecule has 5 heteroatoms. The molecule has 5 nitrogen and oxygen atoms in total. The highest BCUT2D eigenvalue weighted by Gasteiger charge is 2.51. The first-order chi connectivity index (χ1) is 16.1. The van der Waals surface area contributed by atoms with E-state index in [1.807, 2.05) is 20.8 Å². The van der Waals surface area contributed by atoms with Crippen LogP contribution < -0.4 is 0 Å². The monoisotopic (exact) mass is 469 g/mol. The van der Waals surface area contributed by atoms with Gasteiger partial charge in [-0.1, -0.05) is 44.0 Å². The van der Waals surface area contributed by atoms with E-state index in [9.17, 15) is 9.59 Å². The van der Waals surface area contributed by atoms with Crippen molar-refractivity contribution >= 4 is 11.9 Å². The minimum Gasteiger partial charge on any atom is -0.460 e. The third-order valence-corrected chi connectivity index (χ3v) is 8.33. The molecule has 1 aromatic carbocycles. The van der Waals surface area contributed by atoms with Crippen LogP contribution in [0.5, 0.6) is 0 Å². The van der Waals surface area contributed by atoms with E-state index in [0.29, 0.717) is 6.42 Å². The molecule has 4 fully saturated rings. The van der Waals surface area contributed by atoms with E-state index in [2.05, 4.69) is 36.1 Å². The number of benzene rings is 1. The van der Waals surface area contributed by atoms with Gasteiger partial charge in [0.15, 0.2) is 0 Å². The van der Waals surface area contributed by atoms with Crippen molar-refractivity contribution in [2.75, 3.05) is 19.6 Å². The van der Waals surface area contributed by atoms with Gasteiger partial charge in [-0.15, -0.1) is 0 Å². The number of carbonyl (C=O) groups is 2. The van der Waals surface area contributed by atoms with Gasteiger partial charge in [0, 0.05) is 45.3 Å². The van der Waals surface area contributed by atoms with Crippen molar-refractivity contribution in [2.24, 2.45) is 5.92 Å². The Kier molecular flexibility index (Phi) is 7.42. The van der Waals surface area contributed by atoms with Gasteiger partial charge in [0.1, 0.15) is 11.2 Å². The molecule has 3 heterocycles. The normalized spacial score (nSPS) is 31.2. The third kappa shape index (κ3) is 5.50. The lowest BCUT2D eigenvalue weighted by molar-refractivity contribution is -0.183. The number of hydrogen-bond acceptors (Lipinski definition) is 5. The summed E-state index contributed by atoms with van der Waals surface area (Å²) in [6, 6.07) is 8.52. The van der Waals surface area contributed by atoms with Crippen molar-refractivity contribution in [3.05, 3.63) is 35.4 Å². The lowest BCUT2D eigenvalue weighted by Crippen LogP contribution is -2.57. The number of nitrogens with zero attached hydrogens (tertiary/aromatic N) is 1. The van der Waals surface area contributed by atoms with E-state index >= 15 is 0 Å². The fraction of sp³-hybridized carbons (Fsp3) is 0.724. The largest absolute Gasteiger partial charge is 0.460 e. The zero-order valence-electron chi connectivity index (χ0n) is 21.7. The number of rotatable bonds is 7. The number of carbonyl (C=O) groups excluding carboxylic acids is 2. The lowest BCUT2D eigenvalue weighted by atomic mass is 9.62. The number of piperidine rings is 3. The minimum atomic E-state index is -0.567. The van der Waals surface area contributed by atoms with Crippen molar-refractivity contribution in [2.45, 2.75) is 109 Å².